The molecular formula is C21H30N4O4S. The summed E-state index contributed by atoms with van der Waals surface area (Å²) in [4.78, 5) is 16.5. The van der Waals surface area contributed by atoms with E-state index in [1.165, 1.54) is 11.3 Å². The molecule has 0 aliphatic rings. The second kappa shape index (κ2) is 10.3. The van der Waals surface area contributed by atoms with Gasteiger partial charge in [-0.25, -0.2) is 9.78 Å². The van der Waals surface area contributed by atoms with Crippen LogP contribution < -0.4 is 15.5 Å². The van der Waals surface area contributed by atoms with Crippen LogP contribution in [0.25, 0.3) is 11.3 Å². The number of rotatable bonds is 8. The maximum Gasteiger partial charge on any atom is 0.408 e. The first-order valence-electron chi connectivity index (χ1n) is 9.69. The highest BCUT2D eigenvalue weighted by atomic mass is 32.1. The smallest absolute Gasteiger partial charge is 0.408 e. The number of aromatic hydroxyl groups is 1. The van der Waals surface area contributed by atoms with Gasteiger partial charge in [0.05, 0.1) is 18.8 Å². The van der Waals surface area contributed by atoms with Crippen LogP contribution in [-0.2, 0) is 4.74 Å². The number of amides is 1. The van der Waals surface area contributed by atoms with Crippen LogP contribution in [0.1, 0.15) is 41.0 Å². The van der Waals surface area contributed by atoms with Crippen molar-refractivity contribution in [3.8, 4) is 22.8 Å². The minimum atomic E-state index is -0.565. The summed E-state index contributed by atoms with van der Waals surface area (Å²) < 4.78 is 10.5. The van der Waals surface area contributed by atoms with Crippen LogP contribution in [0.15, 0.2) is 28.7 Å². The third-order valence-electron chi connectivity index (χ3n) is 3.83. The number of ether oxygens (including phenoxy) is 2. The van der Waals surface area contributed by atoms with E-state index in [0.717, 1.165) is 0 Å². The predicted molar refractivity (Wildman–Crippen MR) is 120 cm³/mol. The van der Waals surface area contributed by atoms with Crippen LogP contribution in [0.3, 0.4) is 0 Å². The van der Waals surface area contributed by atoms with Gasteiger partial charge in [-0.2, -0.15) is 5.10 Å². The Morgan fingerprint density at radius 1 is 1.37 bits per heavy atom. The van der Waals surface area contributed by atoms with Crippen molar-refractivity contribution in [2.24, 2.45) is 11.0 Å². The third kappa shape index (κ3) is 7.55. The SMILES string of the molecule is COc1ccc(O)c(-c2csc(N/N=C\[C@H](CC(C)C)NC(=O)OC(C)(C)C)n2)c1. The fraction of sp³-hybridized carbons (Fsp3) is 0.476. The minimum absolute atomic E-state index is 0.120. The fourth-order valence-electron chi connectivity index (χ4n) is 2.60. The summed E-state index contributed by atoms with van der Waals surface area (Å²) in [5, 5.41) is 19.5. The molecule has 164 valence electrons. The second-order valence-electron chi connectivity index (χ2n) is 8.19. The summed E-state index contributed by atoms with van der Waals surface area (Å²) in [6.07, 6.45) is 1.86. The zero-order valence-electron chi connectivity index (χ0n) is 18.2. The van der Waals surface area contributed by atoms with E-state index >= 15 is 0 Å². The molecule has 1 amide bonds. The zero-order chi connectivity index (χ0) is 22.3. The van der Waals surface area contributed by atoms with Crippen LogP contribution in [0.2, 0.25) is 0 Å². The highest BCUT2D eigenvalue weighted by Gasteiger charge is 2.19. The van der Waals surface area contributed by atoms with E-state index < -0.39 is 11.7 Å². The van der Waals surface area contributed by atoms with Crippen LogP contribution in [0.4, 0.5) is 9.93 Å². The van der Waals surface area contributed by atoms with Gasteiger partial charge in [0.25, 0.3) is 0 Å². The van der Waals surface area contributed by atoms with Crippen molar-refractivity contribution < 1.29 is 19.4 Å². The molecule has 0 aliphatic heterocycles. The molecule has 0 radical (unpaired) electrons. The van der Waals surface area contributed by atoms with E-state index in [1.54, 1.807) is 31.5 Å². The Labute approximate surface area is 181 Å². The Hall–Kier alpha value is -2.81. The largest absolute Gasteiger partial charge is 0.507 e. The molecule has 0 spiro atoms. The average molecular weight is 435 g/mol. The Kier molecular flexibility index (Phi) is 8.05. The maximum atomic E-state index is 12.1. The van der Waals surface area contributed by atoms with E-state index in [9.17, 15) is 9.90 Å². The Morgan fingerprint density at radius 2 is 2.10 bits per heavy atom. The molecule has 0 aliphatic carbocycles. The summed E-state index contributed by atoms with van der Waals surface area (Å²) in [5.74, 6) is 1.11. The summed E-state index contributed by atoms with van der Waals surface area (Å²) in [6.45, 7) is 9.59. The number of hydrazone groups is 1. The first-order chi connectivity index (χ1) is 14.1. The van der Waals surface area contributed by atoms with Crippen molar-refractivity contribution in [2.45, 2.75) is 52.7 Å². The van der Waals surface area contributed by atoms with Crippen LogP contribution in [0.5, 0.6) is 11.5 Å². The van der Waals surface area contributed by atoms with Gasteiger partial charge in [-0.1, -0.05) is 13.8 Å². The third-order valence-corrected chi connectivity index (χ3v) is 4.57. The van der Waals surface area contributed by atoms with Crippen molar-refractivity contribution in [1.82, 2.24) is 10.3 Å². The van der Waals surface area contributed by atoms with Crippen LogP contribution in [0, 0.1) is 5.92 Å². The van der Waals surface area contributed by atoms with Gasteiger partial charge in [-0.3, -0.25) is 5.43 Å². The highest BCUT2D eigenvalue weighted by molar-refractivity contribution is 7.14. The van der Waals surface area contributed by atoms with Gasteiger partial charge >= 0.3 is 6.09 Å². The predicted octanol–water partition coefficient (Wildman–Crippen LogP) is 4.86. The molecule has 0 saturated heterocycles. The van der Waals surface area contributed by atoms with Gasteiger partial charge in [0.2, 0.25) is 5.13 Å². The highest BCUT2D eigenvalue weighted by Crippen LogP contribution is 2.34. The molecule has 2 aromatic rings. The van der Waals surface area contributed by atoms with E-state index in [-0.39, 0.29) is 11.8 Å². The van der Waals surface area contributed by atoms with Crippen molar-refractivity contribution in [3.05, 3.63) is 23.6 Å². The number of anilines is 1. The van der Waals surface area contributed by atoms with Gasteiger partial charge in [-0.05, 0) is 51.3 Å². The van der Waals surface area contributed by atoms with Crippen molar-refractivity contribution in [2.75, 3.05) is 12.5 Å². The van der Waals surface area contributed by atoms with Gasteiger partial charge < -0.3 is 19.9 Å². The summed E-state index contributed by atoms with van der Waals surface area (Å²) >= 11 is 1.35. The van der Waals surface area contributed by atoms with Crippen LogP contribution in [-0.4, -0.2) is 41.2 Å². The summed E-state index contributed by atoms with van der Waals surface area (Å²) in [7, 11) is 1.57. The number of phenolic OH excluding ortho intramolecular Hbond substituents is 1. The number of alkyl carbamates (subject to hydrolysis) is 1. The molecule has 8 nitrogen and oxygen atoms in total. The minimum Gasteiger partial charge on any atom is -0.507 e. The topological polar surface area (TPSA) is 105 Å². The Morgan fingerprint density at radius 3 is 2.73 bits per heavy atom. The number of hydrogen-bond acceptors (Lipinski definition) is 8. The van der Waals surface area contributed by atoms with Gasteiger partial charge in [0, 0.05) is 17.2 Å². The van der Waals surface area contributed by atoms with Gasteiger partial charge in [0.15, 0.2) is 0 Å². The van der Waals surface area contributed by atoms with Crippen molar-refractivity contribution in [1.29, 1.82) is 0 Å². The lowest BCUT2D eigenvalue weighted by molar-refractivity contribution is 0.0515. The standard InChI is InChI=1S/C21H30N4O4S/c1-13(2)9-14(23-20(27)29-21(3,4)5)11-22-25-19-24-17(12-30-19)16-10-15(28-6)7-8-18(16)26/h7-8,10-14,26H,9H2,1-6H3,(H,23,27)(H,24,25)/b22-11-/t14-/m0/s1. The monoisotopic (exact) mass is 434 g/mol. The number of nitrogens with one attached hydrogen (secondary N) is 2. The molecule has 1 heterocycles. The molecule has 9 heteroatoms. The molecule has 1 atom stereocenters. The maximum absolute atomic E-state index is 12.1. The number of hydrogen-bond donors (Lipinski definition) is 3. The molecule has 0 fully saturated rings. The molecule has 1 aromatic heterocycles. The molecule has 0 unspecified atom stereocenters. The van der Waals surface area contributed by atoms with Crippen molar-refractivity contribution >= 4 is 28.8 Å². The van der Waals surface area contributed by atoms with Crippen LogP contribution >= 0.6 is 11.3 Å². The number of carbonyl (C=O) groups is 1. The molecule has 0 bridgehead atoms. The zero-order valence-corrected chi connectivity index (χ0v) is 19.0. The number of thiazole rings is 1. The molecule has 0 saturated carbocycles. The number of aromatic nitrogens is 1. The number of carbonyl (C=O) groups excluding carboxylic acids is 1. The number of phenols is 1. The lowest BCUT2D eigenvalue weighted by Crippen LogP contribution is -2.40. The Bertz CT molecular complexity index is 874. The first kappa shape index (κ1) is 23.5. The van der Waals surface area contributed by atoms with Crippen molar-refractivity contribution in [3.63, 3.8) is 0 Å². The number of nitrogens with zero attached hydrogens (tertiary/aromatic N) is 2. The normalized spacial score (nSPS) is 12.8. The van der Waals surface area contributed by atoms with E-state index in [0.29, 0.717) is 34.5 Å². The summed E-state index contributed by atoms with van der Waals surface area (Å²) in [6, 6.07) is 4.69. The lowest BCUT2D eigenvalue weighted by Gasteiger charge is -2.22. The van der Waals surface area contributed by atoms with Gasteiger partial charge in [0.1, 0.15) is 17.1 Å². The molecule has 1 aromatic carbocycles. The number of benzene rings is 1. The van der Waals surface area contributed by atoms with Gasteiger partial charge in [-0.15, -0.1) is 11.3 Å². The van der Waals surface area contributed by atoms with E-state index in [1.807, 2.05) is 26.2 Å². The molecular weight excluding hydrogens is 404 g/mol. The van der Waals surface area contributed by atoms with E-state index in [4.69, 9.17) is 9.47 Å². The quantitative estimate of drug-likeness (QED) is 0.405. The number of methoxy groups -OCH3 is 1. The molecule has 3 N–H and O–H groups in total. The molecule has 2 rings (SSSR count). The average Bonchev–Trinajstić information content (AvgIpc) is 3.08. The Balaban J connectivity index is 2.04. The molecule has 30 heavy (non-hydrogen) atoms. The first-order valence-corrected chi connectivity index (χ1v) is 10.6. The van der Waals surface area contributed by atoms with E-state index in [2.05, 4.69) is 34.7 Å². The lowest BCUT2D eigenvalue weighted by atomic mass is 10.1. The summed E-state index contributed by atoms with van der Waals surface area (Å²) in [5.41, 5.74) is 3.50. The fourth-order valence-corrected chi connectivity index (χ4v) is 3.26. The second-order valence-corrected chi connectivity index (χ2v) is 9.05.